The van der Waals surface area contributed by atoms with E-state index in [0.29, 0.717) is 6.42 Å². The van der Waals surface area contributed by atoms with Crippen molar-refractivity contribution in [2.24, 2.45) is 5.73 Å². The highest BCUT2D eigenvalue weighted by Gasteiger charge is 2.29. The Kier molecular flexibility index (Phi) is 2.89. The molecular weight excluding hydrogens is 196 g/mol. The van der Waals surface area contributed by atoms with Gasteiger partial charge in [-0.3, -0.25) is 4.79 Å². The maximum Gasteiger partial charge on any atom is 0.320 e. The van der Waals surface area contributed by atoms with Crippen molar-refractivity contribution in [3.63, 3.8) is 0 Å². The molecule has 0 aromatic carbocycles. The van der Waals surface area contributed by atoms with Gasteiger partial charge in [0.05, 0.1) is 5.75 Å². The van der Waals surface area contributed by atoms with Crippen LogP contribution in [0.25, 0.3) is 0 Å². The van der Waals surface area contributed by atoms with Crippen molar-refractivity contribution >= 4 is 16.0 Å². The fourth-order valence-corrected chi connectivity index (χ4v) is 2.68. The summed E-state index contributed by atoms with van der Waals surface area (Å²) in [5.74, 6) is -1.05. The molecule has 7 heteroatoms. The molecule has 0 amide bonds. The number of hydrogen-bond acceptors (Lipinski definition) is 4. The molecule has 0 spiro atoms. The van der Waals surface area contributed by atoms with E-state index in [1.807, 2.05) is 0 Å². The lowest BCUT2D eigenvalue weighted by atomic mass is 10.1. The fraction of sp³-hybridized carbons (Fsp3) is 0.833. The number of carboxylic acids is 1. The number of nitrogens with one attached hydrogen (secondary N) is 1. The highest BCUT2D eigenvalue weighted by Crippen LogP contribution is 2.11. The van der Waals surface area contributed by atoms with Crippen molar-refractivity contribution in [2.45, 2.75) is 24.9 Å². The standard InChI is InChI=1S/C6H12N2O4S/c7-5(6(9)10)3-4-1-2-13(11,12)8-4/h4-5,8H,1-3,7H2,(H,9,10)/t4?,5-/m0/s1. The number of hydrogen-bond donors (Lipinski definition) is 3. The first kappa shape index (κ1) is 10.4. The zero-order valence-electron chi connectivity index (χ0n) is 6.93. The maximum absolute atomic E-state index is 10.9. The third-order valence-electron chi connectivity index (χ3n) is 1.94. The lowest BCUT2D eigenvalue weighted by molar-refractivity contribution is -0.138. The fourth-order valence-electron chi connectivity index (χ4n) is 1.24. The van der Waals surface area contributed by atoms with Gasteiger partial charge in [-0.25, -0.2) is 13.1 Å². The van der Waals surface area contributed by atoms with E-state index in [-0.39, 0.29) is 18.2 Å². The first-order valence-electron chi connectivity index (χ1n) is 3.89. The molecule has 6 nitrogen and oxygen atoms in total. The zero-order chi connectivity index (χ0) is 10.1. The van der Waals surface area contributed by atoms with Gasteiger partial charge < -0.3 is 10.8 Å². The Labute approximate surface area is 76.2 Å². The number of sulfonamides is 1. The summed E-state index contributed by atoms with van der Waals surface area (Å²) in [7, 11) is -3.17. The largest absolute Gasteiger partial charge is 0.480 e. The van der Waals surface area contributed by atoms with Gasteiger partial charge in [-0.05, 0) is 12.8 Å². The van der Waals surface area contributed by atoms with Gasteiger partial charge in [0.15, 0.2) is 0 Å². The molecule has 0 aromatic heterocycles. The van der Waals surface area contributed by atoms with Crippen molar-refractivity contribution in [3.05, 3.63) is 0 Å². The van der Waals surface area contributed by atoms with Gasteiger partial charge in [-0.15, -0.1) is 0 Å². The second-order valence-corrected chi connectivity index (χ2v) is 4.98. The number of carbonyl (C=O) groups is 1. The summed E-state index contributed by atoms with van der Waals surface area (Å²) in [5, 5.41) is 8.47. The van der Waals surface area contributed by atoms with Gasteiger partial charge in [0.2, 0.25) is 10.0 Å². The molecule has 1 aliphatic rings. The van der Waals surface area contributed by atoms with E-state index in [1.165, 1.54) is 0 Å². The number of rotatable bonds is 3. The van der Waals surface area contributed by atoms with Gasteiger partial charge >= 0.3 is 5.97 Å². The first-order chi connectivity index (χ1) is 5.91. The van der Waals surface area contributed by atoms with Crippen molar-refractivity contribution < 1.29 is 18.3 Å². The van der Waals surface area contributed by atoms with Crippen LogP contribution in [0.2, 0.25) is 0 Å². The van der Waals surface area contributed by atoms with E-state index in [4.69, 9.17) is 10.8 Å². The molecule has 0 radical (unpaired) electrons. The minimum Gasteiger partial charge on any atom is -0.480 e. The van der Waals surface area contributed by atoms with Crippen LogP contribution >= 0.6 is 0 Å². The summed E-state index contributed by atoms with van der Waals surface area (Å²) in [6, 6.07) is -1.32. The summed E-state index contributed by atoms with van der Waals surface area (Å²) in [5.41, 5.74) is 5.25. The summed E-state index contributed by atoms with van der Waals surface area (Å²) in [6.07, 6.45) is 0.581. The van der Waals surface area contributed by atoms with Crippen LogP contribution in [0, 0.1) is 0 Å². The molecule has 4 N–H and O–H groups in total. The molecule has 1 aliphatic heterocycles. The minimum atomic E-state index is -3.17. The molecule has 1 unspecified atom stereocenters. The third-order valence-corrected chi connectivity index (χ3v) is 3.40. The van der Waals surface area contributed by atoms with Gasteiger partial charge in [0, 0.05) is 6.04 Å². The Balaban J connectivity index is 2.45. The lowest BCUT2D eigenvalue weighted by Crippen LogP contribution is -2.37. The quantitative estimate of drug-likeness (QED) is 0.522. The molecule has 1 heterocycles. The average molecular weight is 208 g/mol. The topological polar surface area (TPSA) is 109 Å². The molecule has 0 bridgehead atoms. The van der Waals surface area contributed by atoms with Crippen LogP contribution in [0.4, 0.5) is 0 Å². The van der Waals surface area contributed by atoms with E-state index in [2.05, 4.69) is 4.72 Å². The minimum absolute atomic E-state index is 0.0595. The summed E-state index contributed by atoms with van der Waals surface area (Å²) in [6.45, 7) is 0. The monoisotopic (exact) mass is 208 g/mol. The van der Waals surface area contributed by atoms with Gasteiger partial charge in [0.1, 0.15) is 6.04 Å². The van der Waals surface area contributed by atoms with E-state index in [1.54, 1.807) is 0 Å². The van der Waals surface area contributed by atoms with Crippen molar-refractivity contribution in [1.29, 1.82) is 0 Å². The highest BCUT2D eigenvalue weighted by molar-refractivity contribution is 7.89. The Bertz CT molecular complexity index is 300. The predicted molar refractivity (Wildman–Crippen MR) is 45.6 cm³/mol. The predicted octanol–water partition coefficient (Wildman–Crippen LogP) is -1.52. The molecular formula is C6H12N2O4S. The van der Waals surface area contributed by atoms with Crippen molar-refractivity contribution in [3.8, 4) is 0 Å². The lowest BCUT2D eigenvalue weighted by Gasteiger charge is -2.11. The highest BCUT2D eigenvalue weighted by atomic mass is 32.2. The maximum atomic E-state index is 10.9. The van der Waals surface area contributed by atoms with Gasteiger partial charge in [-0.2, -0.15) is 0 Å². The third kappa shape index (κ3) is 2.94. The van der Waals surface area contributed by atoms with Gasteiger partial charge in [-0.1, -0.05) is 0 Å². The average Bonchev–Trinajstić information content (AvgIpc) is 2.30. The van der Waals surface area contributed by atoms with E-state index < -0.39 is 22.0 Å². The molecule has 13 heavy (non-hydrogen) atoms. The molecule has 0 aliphatic carbocycles. The van der Waals surface area contributed by atoms with Crippen LogP contribution in [0.5, 0.6) is 0 Å². The molecule has 0 saturated carbocycles. The normalized spacial score (nSPS) is 28.5. The summed E-state index contributed by atoms with van der Waals surface area (Å²) >= 11 is 0. The smallest absolute Gasteiger partial charge is 0.320 e. The van der Waals surface area contributed by atoms with Crippen LogP contribution in [-0.2, 0) is 14.8 Å². The summed E-state index contributed by atoms with van der Waals surface area (Å²) in [4.78, 5) is 10.3. The van der Waals surface area contributed by atoms with Crippen molar-refractivity contribution in [1.82, 2.24) is 4.72 Å². The second kappa shape index (κ2) is 3.60. The molecule has 2 atom stereocenters. The van der Waals surface area contributed by atoms with Crippen molar-refractivity contribution in [2.75, 3.05) is 5.75 Å². The number of aliphatic carboxylic acids is 1. The van der Waals surface area contributed by atoms with E-state index >= 15 is 0 Å². The zero-order valence-corrected chi connectivity index (χ0v) is 7.75. The Morgan fingerprint density at radius 2 is 2.31 bits per heavy atom. The Hall–Kier alpha value is -0.660. The Morgan fingerprint density at radius 1 is 1.69 bits per heavy atom. The molecule has 1 rings (SSSR count). The molecule has 0 aromatic rings. The van der Waals surface area contributed by atoms with Crippen LogP contribution in [0.15, 0.2) is 0 Å². The van der Waals surface area contributed by atoms with Crippen LogP contribution in [0.3, 0.4) is 0 Å². The second-order valence-electron chi connectivity index (χ2n) is 3.10. The van der Waals surface area contributed by atoms with Crippen LogP contribution in [0.1, 0.15) is 12.8 Å². The first-order valence-corrected chi connectivity index (χ1v) is 5.54. The Morgan fingerprint density at radius 3 is 2.69 bits per heavy atom. The van der Waals surface area contributed by atoms with Gasteiger partial charge in [0.25, 0.3) is 0 Å². The summed E-state index contributed by atoms with van der Waals surface area (Å²) < 4.78 is 24.1. The van der Waals surface area contributed by atoms with Crippen LogP contribution < -0.4 is 10.5 Å². The molecule has 1 fully saturated rings. The van der Waals surface area contributed by atoms with E-state index in [9.17, 15) is 13.2 Å². The van der Waals surface area contributed by atoms with Crippen LogP contribution in [-0.4, -0.2) is 37.3 Å². The number of carboxylic acid groups (broad SMARTS) is 1. The molecule has 76 valence electrons. The SMILES string of the molecule is N[C@@H](CC1CCS(=O)(=O)N1)C(=O)O. The number of nitrogens with two attached hydrogens (primary N) is 1. The van der Waals surface area contributed by atoms with E-state index in [0.717, 1.165) is 0 Å². The molecule has 1 saturated heterocycles.